The second kappa shape index (κ2) is 8.06. The molecule has 0 aliphatic carbocycles. The Bertz CT molecular complexity index is 801. The van der Waals surface area contributed by atoms with Crippen molar-refractivity contribution in [2.75, 3.05) is 26.2 Å². The maximum absolute atomic E-state index is 10.7. The maximum atomic E-state index is 9.87. The summed E-state index contributed by atoms with van der Waals surface area (Å²) in [6.07, 6.45) is 1.70. The van der Waals surface area contributed by atoms with E-state index >= 15 is 0 Å². The zero-order chi connectivity index (χ0) is 21.7. The molecule has 0 saturated heterocycles. The van der Waals surface area contributed by atoms with E-state index in [-0.39, 0.29) is 0 Å². The topological polar surface area (TPSA) is 59.1 Å². The zero-order valence-electron chi connectivity index (χ0n) is 15.9. The van der Waals surface area contributed by atoms with Gasteiger partial charge in [0.05, 0.1) is 26.2 Å². The van der Waals surface area contributed by atoms with E-state index in [1.165, 1.54) is 4.85 Å². The summed E-state index contributed by atoms with van der Waals surface area (Å²) in [6, 6.07) is 4.53. The van der Waals surface area contributed by atoms with Gasteiger partial charge in [0.1, 0.15) is 0 Å². The number of pyridine rings is 1. The fourth-order valence-corrected chi connectivity index (χ4v) is 2.19. The molecule has 0 saturated carbocycles. The van der Waals surface area contributed by atoms with Crippen LogP contribution in [0.15, 0.2) is 18.3 Å². The number of nitrogens with zero attached hydrogens (tertiary/aromatic N) is 6. The summed E-state index contributed by atoms with van der Waals surface area (Å²) in [7, 11) is -10.7. The molecule has 0 fully saturated rings. The average molecular weight is 436 g/mol. The van der Waals surface area contributed by atoms with Gasteiger partial charge in [0.15, 0.2) is 5.52 Å². The van der Waals surface area contributed by atoms with Crippen LogP contribution in [0, 0.1) is 0 Å². The van der Waals surface area contributed by atoms with Gasteiger partial charge in [-0.15, -0.1) is 5.10 Å². The molecule has 0 aliphatic rings. The number of hydrogen-bond donors (Lipinski definition) is 0. The molecule has 2 aromatic rings. The molecule has 0 atom stereocenters. The molecule has 0 amide bonds. The second-order valence-electron chi connectivity index (χ2n) is 5.49. The Kier molecular flexibility index (Phi) is 6.87. The van der Waals surface area contributed by atoms with Crippen molar-refractivity contribution in [1.29, 1.82) is 0 Å². The Labute approximate surface area is 157 Å². The van der Waals surface area contributed by atoms with Crippen LogP contribution in [0.2, 0.25) is 0 Å². The first-order valence-corrected chi connectivity index (χ1v) is 10.5. The van der Waals surface area contributed by atoms with Crippen LogP contribution in [0.1, 0.15) is 27.7 Å². The minimum absolute atomic E-state index is 0.580. The first-order chi connectivity index (χ1) is 12.7. The van der Waals surface area contributed by atoms with Crippen molar-refractivity contribution in [3.05, 3.63) is 18.3 Å². The summed E-state index contributed by atoms with van der Waals surface area (Å²) in [6.45, 7) is 11.9. The van der Waals surface area contributed by atoms with Gasteiger partial charge in [-0.2, -0.15) is 0 Å². The normalized spacial score (nSPS) is 13.8. The number of rotatable bonds is 5. The molecule has 2 rings (SSSR count). The number of fused-ring (bicyclic) bond motifs is 1. The fourth-order valence-electron chi connectivity index (χ4n) is 2.19. The van der Waals surface area contributed by atoms with Gasteiger partial charge in [0.25, 0.3) is 0 Å². The molecule has 0 aliphatic heterocycles. The fraction of sp³-hybridized carbons (Fsp3) is 0.571. The van der Waals surface area contributed by atoms with E-state index in [1.54, 1.807) is 6.20 Å². The Balaban J connectivity index is 0.000000480. The number of aromatic nitrogens is 4. The van der Waals surface area contributed by atoms with E-state index in [4.69, 9.17) is 4.84 Å². The van der Waals surface area contributed by atoms with E-state index in [0.717, 1.165) is 37.7 Å². The molecule has 0 bridgehead atoms. The van der Waals surface area contributed by atoms with Crippen LogP contribution in [0.3, 0.4) is 0 Å². The van der Waals surface area contributed by atoms with E-state index in [0.29, 0.717) is 5.65 Å². The Morgan fingerprint density at radius 3 is 2.07 bits per heavy atom. The van der Waals surface area contributed by atoms with Gasteiger partial charge in [-0.05, 0) is 45.0 Å². The van der Waals surface area contributed by atoms with E-state index < -0.39 is 7.81 Å². The van der Waals surface area contributed by atoms with Crippen molar-refractivity contribution in [2.45, 2.75) is 27.7 Å². The average Bonchev–Trinajstić information content (AvgIpc) is 2.97. The van der Waals surface area contributed by atoms with Crippen LogP contribution in [0.5, 0.6) is 0 Å². The summed E-state index contributed by atoms with van der Waals surface area (Å²) < 4.78 is 61.4. The second-order valence-corrected chi connectivity index (χ2v) is 7.40. The molecule has 0 N–H and O–H groups in total. The summed E-state index contributed by atoms with van der Waals surface area (Å²) >= 11 is 0. The number of halogens is 6. The molecule has 0 unspecified atom stereocenters. The van der Waals surface area contributed by atoms with Gasteiger partial charge in [-0.3, -0.25) is 4.84 Å². The van der Waals surface area contributed by atoms with E-state index in [9.17, 15) is 25.2 Å². The Morgan fingerprint density at radius 2 is 1.61 bits per heavy atom. The Hall–Kier alpha value is -2.17. The van der Waals surface area contributed by atoms with Gasteiger partial charge in [0, 0.05) is 6.20 Å². The molecule has 28 heavy (non-hydrogen) atoms. The first kappa shape index (κ1) is 23.9. The monoisotopic (exact) mass is 436 g/mol. The molecule has 7 nitrogen and oxygen atoms in total. The minimum atomic E-state index is -10.7. The third kappa shape index (κ3) is 8.68. The Morgan fingerprint density at radius 1 is 1.07 bits per heavy atom. The van der Waals surface area contributed by atoms with Crippen LogP contribution >= 0.6 is 7.81 Å². The number of hydrogen-bond acceptors (Lipinski definition) is 4. The van der Waals surface area contributed by atoms with Crippen molar-refractivity contribution < 1.29 is 34.6 Å². The summed E-state index contributed by atoms with van der Waals surface area (Å²) in [4.78, 5) is 13.8. The molecule has 0 aromatic carbocycles. The van der Waals surface area contributed by atoms with Crippen molar-refractivity contribution >= 4 is 25.0 Å². The SMILES string of the molecule is CCN(CC)C(On1nnc2ncccc21)=[N+](CC)CC.F[P-](F)(F)(F)(F)F. The van der Waals surface area contributed by atoms with Gasteiger partial charge in [0.2, 0.25) is 5.65 Å². The van der Waals surface area contributed by atoms with Crippen LogP contribution < -0.4 is 4.84 Å². The van der Waals surface area contributed by atoms with Crippen molar-refractivity contribution in [1.82, 2.24) is 25.0 Å². The van der Waals surface area contributed by atoms with Crippen molar-refractivity contribution in [2.24, 2.45) is 0 Å². The standard InChI is InChI=1S/C14H23N6O.F6P/c1-5-18(6-2)14(19(7-3)8-4)21-20-12-10-9-11-15-13(12)16-17-20;1-7(2,3,4,5)6/h9-11H,5-8H2,1-4H3;/q+1;-1. The van der Waals surface area contributed by atoms with E-state index in [1.807, 2.05) is 12.1 Å². The van der Waals surface area contributed by atoms with Crippen LogP contribution in [0.25, 0.3) is 11.2 Å². The molecular weight excluding hydrogens is 413 g/mol. The van der Waals surface area contributed by atoms with Crippen LogP contribution in [-0.4, -0.2) is 61.8 Å². The molecule has 2 heterocycles. The molecule has 0 radical (unpaired) electrons. The number of amidine groups is 1. The summed E-state index contributed by atoms with van der Waals surface area (Å²) in [5.74, 6) is 0. The molecule has 0 spiro atoms. The van der Waals surface area contributed by atoms with E-state index in [2.05, 4.69) is 52.5 Å². The predicted molar refractivity (Wildman–Crippen MR) is 94.7 cm³/mol. The van der Waals surface area contributed by atoms with Gasteiger partial charge in [-0.25, -0.2) is 14.5 Å². The predicted octanol–water partition coefficient (Wildman–Crippen LogP) is 4.39. The van der Waals surface area contributed by atoms with Crippen molar-refractivity contribution in [3.8, 4) is 0 Å². The molecule has 162 valence electrons. The third-order valence-electron chi connectivity index (χ3n) is 3.43. The summed E-state index contributed by atoms with van der Waals surface area (Å²) in [5, 5.41) is 8.07. The van der Waals surface area contributed by atoms with Gasteiger partial charge < -0.3 is 0 Å². The quantitative estimate of drug-likeness (QED) is 0.229. The van der Waals surface area contributed by atoms with Crippen LogP contribution in [-0.2, 0) is 0 Å². The molecule has 14 heteroatoms. The van der Waals surface area contributed by atoms with Gasteiger partial charge in [-0.1, -0.05) is 4.85 Å². The molecular formula is C14H23F6N6OP. The van der Waals surface area contributed by atoms with Crippen LogP contribution in [0.4, 0.5) is 25.2 Å². The van der Waals surface area contributed by atoms with Crippen molar-refractivity contribution in [3.63, 3.8) is 0 Å². The zero-order valence-corrected chi connectivity index (χ0v) is 16.8. The third-order valence-corrected chi connectivity index (χ3v) is 3.43. The first-order valence-electron chi connectivity index (χ1n) is 8.48. The van der Waals surface area contributed by atoms with Gasteiger partial charge >= 0.3 is 39.0 Å². The molecule has 2 aromatic heterocycles. The summed E-state index contributed by atoms with van der Waals surface area (Å²) in [5.41, 5.74) is 1.34.